The van der Waals surface area contributed by atoms with Crippen molar-refractivity contribution in [2.24, 2.45) is 0 Å². The minimum atomic E-state index is -1.05. The minimum absolute atomic E-state index is 0.312. The van der Waals surface area contributed by atoms with Crippen molar-refractivity contribution in [2.75, 3.05) is 13.7 Å². The third-order valence-corrected chi connectivity index (χ3v) is 3.83. The van der Waals surface area contributed by atoms with Gasteiger partial charge < -0.3 is 19.7 Å². The Bertz CT molecular complexity index is 736. The van der Waals surface area contributed by atoms with Crippen LogP contribution in [0.2, 0.25) is 0 Å². The lowest BCUT2D eigenvalue weighted by Gasteiger charge is -2.13. The van der Waals surface area contributed by atoms with Gasteiger partial charge in [0.05, 0.1) is 12.2 Å². The van der Waals surface area contributed by atoms with Crippen LogP contribution in [0, 0.1) is 0 Å². The number of amides is 1. The summed E-state index contributed by atoms with van der Waals surface area (Å²) in [5, 5.41) is 12.6. The van der Waals surface area contributed by atoms with Crippen LogP contribution in [0.4, 0.5) is 0 Å². The van der Waals surface area contributed by atoms with Gasteiger partial charge in [0.15, 0.2) is 0 Å². The monoisotopic (exact) mass is 330 g/mol. The summed E-state index contributed by atoms with van der Waals surface area (Å²) in [4.78, 5) is 23.9. The van der Waals surface area contributed by atoms with Gasteiger partial charge in [0.25, 0.3) is 5.91 Å². The van der Waals surface area contributed by atoms with E-state index in [0.717, 1.165) is 10.9 Å². The number of fused-ring (bicyclic) bond motifs is 1. The summed E-state index contributed by atoms with van der Waals surface area (Å²) in [5.74, 6) is -1.44. The van der Waals surface area contributed by atoms with E-state index in [0.29, 0.717) is 31.6 Å². The molecule has 128 valence electrons. The molecule has 0 radical (unpaired) electrons. The predicted molar refractivity (Wildman–Crippen MR) is 92.1 cm³/mol. The number of aliphatic carboxylic acids is 1. The van der Waals surface area contributed by atoms with Crippen LogP contribution in [-0.4, -0.2) is 41.3 Å². The molecule has 2 aromatic rings. The number of hydrogen-bond acceptors (Lipinski definition) is 3. The smallest absolute Gasteiger partial charge is 0.326 e. The summed E-state index contributed by atoms with van der Waals surface area (Å²) in [7, 11) is 1.62. The summed E-state index contributed by atoms with van der Waals surface area (Å²) in [6.07, 6.45) is 4.21. The van der Waals surface area contributed by atoms with Crippen molar-refractivity contribution in [3.05, 3.63) is 48.7 Å². The number of methoxy groups -OCH3 is 1. The van der Waals surface area contributed by atoms with Gasteiger partial charge in [-0.2, -0.15) is 0 Å². The first kappa shape index (κ1) is 17.7. The maximum absolute atomic E-state index is 12.6. The molecule has 6 heteroatoms. The molecule has 1 unspecified atom stereocenters. The average Bonchev–Trinajstić information content (AvgIpc) is 2.95. The lowest BCUT2D eigenvalue weighted by Crippen LogP contribution is -2.40. The molecule has 0 saturated heterocycles. The molecule has 0 saturated carbocycles. The second kappa shape index (κ2) is 8.31. The fraction of sp³-hybridized carbons (Fsp3) is 0.333. The first-order valence-corrected chi connectivity index (χ1v) is 7.79. The average molecular weight is 330 g/mol. The van der Waals surface area contributed by atoms with Crippen molar-refractivity contribution >= 4 is 22.8 Å². The fourth-order valence-electron chi connectivity index (χ4n) is 2.58. The second-order valence-electron chi connectivity index (χ2n) is 5.48. The van der Waals surface area contributed by atoms with Gasteiger partial charge in [-0.1, -0.05) is 24.3 Å². The van der Waals surface area contributed by atoms with Crippen LogP contribution in [0.5, 0.6) is 0 Å². The number of benzene rings is 1. The lowest BCUT2D eigenvalue weighted by atomic mass is 10.1. The van der Waals surface area contributed by atoms with E-state index < -0.39 is 12.0 Å². The van der Waals surface area contributed by atoms with E-state index in [9.17, 15) is 14.7 Å². The van der Waals surface area contributed by atoms with Crippen molar-refractivity contribution in [1.82, 2.24) is 9.88 Å². The standard InChI is InChI=1S/C18H22N2O4/c1-3-4-8-15(18(22)23)19-17(21)14-12-20(10-11-24-2)16-9-6-5-7-13(14)16/h3,5-7,9,12,15H,1,4,8,10-11H2,2H3,(H,19,21)(H,22,23). The lowest BCUT2D eigenvalue weighted by molar-refractivity contribution is -0.139. The van der Waals surface area contributed by atoms with Gasteiger partial charge in [0.1, 0.15) is 6.04 Å². The quantitative estimate of drug-likeness (QED) is 0.692. The largest absolute Gasteiger partial charge is 0.480 e. The Morgan fingerprint density at radius 3 is 2.83 bits per heavy atom. The van der Waals surface area contributed by atoms with E-state index >= 15 is 0 Å². The first-order valence-electron chi connectivity index (χ1n) is 7.79. The van der Waals surface area contributed by atoms with Crippen LogP contribution in [0.15, 0.2) is 43.1 Å². The number of nitrogens with zero attached hydrogens (tertiary/aromatic N) is 1. The normalized spacial score (nSPS) is 12.0. The van der Waals surface area contributed by atoms with E-state index in [2.05, 4.69) is 11.9 Å². The minimum Gasteiger partial charge on any atom is -0.480 e. The number of para-hydroxylation sites is 1. The van der Waals surface area contributed by atoms with Gasteiger partial charge in [0.2, 0.25) is 0 Å². The maximum atomic E-state index is 12.6. The molecule has 1 amide bonds. The number of hydrogen-bond donors (Lipinski definition) is 2. The molecule has 1 aromatic carbocycles. The molecule has 0 fully saturated rings. The zero-order chi connectivity index (χ0) is 17.5. The van der Waals surface area contributed by atoms with E-state index in [1.807, 2.05) is 28.8 Å². The Morgan fingerprint density at radius 2 is 2.17 bits per heavy atom. The van der Waals surface area contributed by atoms with Gasteiger partial charge in [-0.3, -0.25) is 4.79 Å². The molecule has 0 aliphatic heterocycles. The highest BCUT2D eigenvalue weighted by molar-refractivity contribution is 6.07. The highest BCUT2D eigenvalue weighted by atomic mass is 16.5. The summed E-state index contributed by atoms with van der Waals surface area (Å²) in [6.45, 7) is 4.72. The number of carbonyl (C=O) groups excluding carboxylic acids is 1. The van der Waals surface area contributed by atoms with Gasteiger partial charge in [-0.15, -0.1) is 6.58 Å². The molecule has 0 aliphatic rings. The summed E-state index contributed by atoms with van der Waals surface area (Å²) in [5.41, 5.74) is 1.38. The van der Waals surface area contributed by atoms with E-state index in [1.54, 1.807) is 19.4 Å². The molecule has 0 aliphatic carbocycles. The highest BCUT2D eigenvalue weighted by Crippen LogP contribution is 2.21. The molecule has 2 N–H and O–H groups in total. The van der Waals surface area contributed by atoms with Gasteiger partial charge in [-0.05, 0) is 18.9 Å². The zero-order valence-corrected chi connectivity index (χ0v) is 13.7. The number of carboxylic acids is 1. The molecular formula is C18H22N2O4. The van der Waals surface area contributed by atoms with E-state index in [-0.39, 0.29) is 5.91 Å². The molecule has 24 heavy (non-hydrogen) atoms. The van der Waals surface area contributed by atoms with Gasteiger partial charge >= 0.3 is 5.97 Å². The van der Waals surface area contributed by atoms with Gasteiger partial charge in [-0.25, -0.2) is 4.79 Å². The summed E-state index contributed by atoms with van der Waals surface area (Å²) < 4.78 is 7.03. The molecule has 0 bridgehead atoms. The predicted octanol–water partition coefficient (Wildman–Crippen LogP) is 2.44. The molecular weight excluding hydrogens is 308 g/mol. The van der Waals surface area contributed by atoms with Crippen molar-refractivity contribution in [1.29, 1.82) is 0 Å². The number of aromatic nitrogens is 1. The maximum Gasteiger partial charge on any atom is 0.326 e. The van der Waals surface area contributed by atoms with E-state index in [4.69, 9.17) is 4.74 Å². The number of allylic oxidation sites excluding steroid dienone is 1. The van der Waals surface area contributed by atoms with Gasteiger partial charge in [0, 0.05) is 30.8 Å². The highest BCUT2D eigenvalue weighted by Gasteiger charge is 2.22. The van der Waals surface area contributed by atoms with Crippen molar-refractivity contribution in [3.63, 3.8) is 0 Å². The molecule has 1 heterocycles. The molecule has 6 nitrogen and oxygen atoms in total. The number of carbonyl (C=O) groups is 2. The van der Waals surface area contributed by atoms with Crippen LogP contribution in [-0.2, 0) is 16.1 Å². The van der Waals surface area contributed by atoms with Crippen LogP contribution in [0.3, 0.4) is 0 Å². The van der Waals surface area contributed by atoms with E-state index in [1.165, 1.54) is 0 Å². The van der Waals surface area contributed by atoms with Crippen LogP contribution >= 0.6 is 0 Å². The first-order chi connectivity index (χ1) is 11.6. The Balaban J connectivity index is 2.28. The molecule has 0 spiro atoms. The Kier molecular flexibility index (Phi) is 6.14. The third-order valence-electron chi connectivity index (χ3n) is 3.83. The van der Waals surface area contributed by atoms with Crippen molar-refractivity contribution in [2.45, 2.75) is 25.4 Å². The number of rotatable bonds is 9. The van der Waals surface area contributed by atoms with Crippen LogP contribution in [0.25, 0.3) is 10.9 Å². The second-order valence-corrected chi connectivity index (χ2v) is 5.48. The zero-order valence-electron chi connectivity index (χ0n) is 13.7. The third kappa shape index (κ3) is 4.02. The van der Waals surface area contributed by atoms with Crippen molar-refractivity contribution < 1.29 is 19.4 Å². The number of carboxylic acid groups (broad SMARTS) is 1. The summed E-state index contributed by atoms with van der Waals surface area (Å²) >= 11 is 0. The Morgan fingerprint density at radius 1 is 1.42 bits per heavy atom. The molecule has 1 aromatic heterocycles. The Labute approximate surface area is 140 Å². The van der Waals surface area contributed by atoms with Crippen LogP contribution < -0.4 is 5.32 Å². The topological polar surface area (TPSA) is 80.6 Å². The SMILES string of the molecule is C=CCCC(NC(=O)c1cn(CCOC)c2ccccc12)C(=O)O. The fourth-order valence-corrected chi connectivity index (χ4v) is 2.58. The number of nitrogens with one attached hydrogen (secondary N) is 1. The number of ether oxygens (including phenoxy) is 1. The molecule has 1 atom stereocenters. The van der Waals surface area contributed by atoms with Crippen molar-refractivity contribution in [3.8, 4) is 0 Å². The summed E-state index contributed by atoms with van der Waals surface area (Å²) in [6, 6.07) is 6.60. The Hall–Kier alpha value is -2.60. The molecule has 2 rings (SSSR count). The van der Waals surface area contributed by atoms with Crippen LogP contribution in [0.1, 0.15) is 23.2 Å².